The Morgan fingerprint density at radius 2 is 2.19 bits per heavy atom. The number of rotatable bonds is 3. The smallest absolute Gasteiger partial charge is 0.313 e. The summed E-state index contributed by atoms with van der Waals surface area (Å²) in [6.07, 6.45) is 3.86. The van der Waals surface area contributed by atoms with E-state index in [9.17, 15) is 9.59 Å². The average Bonchev–Trinajstić information content (AvgIpc) is 2.30. The molecule has 0 saturated heterocycles. The second kappa shape index (κ2) is 5.85. The number of aromatic nitrogens is 1. The molecule has 1 unspecified atom stereocenters. The highest BCUT2D eigenvalue weighted by atomic mass is 16.2. The highest BCUT2D eigenvalue weighted by Gasteiger charge is 2.15. The number of carbonyl (C=O) groups excluding carboxylic acids is 2. The Hall–Kier alpha value is -1.91. The number of amides is 2. The lowest BCUT2D eigenvalue weighted by molar-refractivity contribution is -0.136. The molecule has 0 aliphatic carbocycles. The second-order valence-corrected chi connectivity index (χ2v) is 3.48. The third-order valence-corrected chi connectivity index (χ3v) is 2.12. The number of carbonyl (C=O) groups is 2. The van der Waals surface area contributed by atoms with Gasteiger partial charge in [0.1, 0.15) is 0 Å². The molecule has 86 valence electrons. The molecule has 1 aromatic heterocycles. The van der Waals surface area contributed by atoms with E-state index < -0.39 is 11.8 Å². The Balaban J connectivity index is 2.50. The zero-order valence-electron chi connectivity index (χ0n) is 9.36. The van der Waals surface area contributed by atoms with Gasteiger partial charge in [-0.3, -0.25) is 14.6 Å². The molecule has 0 spiro atoms. The maximum atomic E-state index is 11.4. The summed E-state index contributed by atoms with van der Waals surface area (Å²) in [5, 5.41) is 5.04. The van der Waals surface area contributed by atoms with Crippen molar-refractivity contribution in [2.75, 3.05) is 5.32 Å². The van der Waals surface area contributed by atoms with E-state index in [0.717, 1.165) is 6.42 Å². The summed E-state index contributed by atoms with van der Waals surface area (Å²) in [4.78, 5) is 26.6. The van der Waals surface area contributed by atoms with E-state index in [4.69, 9.17) is 0 Å². The average molecular weight is 221 g/mol. The number of nitrogens with zero attached hydrogens (tertiary/aromatic N) is 1. The summed E-state index contributed by atoms with van der Waals surface area (Å²) in [5.74, 6) is -1.30. The lowest BCUT2D eigenvalue weighted by atomic mass is 10.2. The van der Waals surface area contributed by atoms with Gasteiger partial charge in [0, 0.05) is 12.2 Å². The molecule has 0 bridgehead atoms. The summed E-state index contributed by atoms with van der Waals surface area (Å²) < 4.78 is 0. The molecular formula is C11H15N3O2. The first-order valence-electron chi connectivity index (χ1n) is 5.15. The number of hydrogen-bond acceptors (Lipinski definition) is 3. The molecule has 2 N–H and O–H groups in total. The summed E-state index contributed by atoms with van der Waals surface area (Å²) in [7, 11) is 0. The SMILES string of the molecule is CCC(C)NC(=O)C(=O)Nc1cccnc1. The van der Waals surface area contributed by atoms with Gasteiger partial charge in [0.05, 0.1) is 11.9 Å². The Morgan fingerprint density at radius 1 is 1.44 bits per heavy atom. The number of pyridine rings is 1. The predicted molar refractivity (Wildman–Crippen MR) is 60.8 cm³/mol. The predicted octanol–water partition coefficient (Wildman–Crippen LogP) is 0.935. The monoisotopic (exact) mass is 221 g/mol. The number of anilines is 1. The van der Waals surface area contributed by atoms with Gasteiger partial charge in [0.25, 0.3) is 0 Å². The second-order valence-electron chi connectivity index (χ2n) is 3.48. The van der Waals surface area contributed by atoms with Crippen molar-refractivity contribution in [3.05, 3.63) is 24.5 Å². The van der Waals surface area contributed by atoms with Gasteiger partial charge < -0.3 is 10.6 Å². The molecule has 0 radical (unpaired) electrons. The first-order valence-corrected chi connectivity index (χ1v) is 5.15. The normalized spacial score (nSPS) is 11.6. The van der Waals surface area contributed by atoms with Gasteiger partial charge in [-0.1, -0.05) is 6.92 Å². The van der Waals surface area contributed by atoms with Gasteiger partial charge in [0.15, 0.2) is 0 Å². The zero-order chi connectivity index (χ0) is 12.0. The van der Waals surface area contributed by atoms with Gasteiger partial charge in [0.2, 0.25) is 0 Å². The minimum absolute atomic E-state index is 0.00727. The standard InChI is InChI=1S/C11H15N3O2/c1-3-8(2)13-10(15)11(16)14-9-5-4-6-12-7-9/h4-8H,3H2,1-2H3,(H,13,15)(H,14,16). The van der Waals surface area contributed by atoms with Crippen LogP contribution in [0.2, 0.25) is 0 Å². The third kappa shape index (κ3) is 3.68. The molecule has 1 atom stereocenters. The maximum absolute atomic E-state index is 11.4. The van der Waals surface area contributed by atoms with Crippen LogP contribution in [-0.4, -0.2) is 22.8 Å². The van der Waals surface area contributed by atoms with E-state index in [-0.39, 0.29) is 6.04 Å². The molecule has 2 amide bonds. The zero-order valence-corrected chi connectivity index (χ0v) is 9.36. The van der Waals surface area contributed by atoms with Gasteiger partial charge in [-0.25, -0.2) is 0 Å². The van der Waals surface area contributed by atoms with Gasteiger partial charge in [-0.05, 0) is 25.5 Å². The molecule has 0 fully saturated rings. The van der Waals surface area contributed by atoms with Crippen LogP contribution in [0.25, 0.3) is 0 Å². The minimum atomic E-state index is -0.673. The van der Waals surface area contributed by atoms with E-state index in [0.29, 0.717) is 5.69 Å². The number of nitrogens with one attached hydrogen (secondary N) is 2. The van der Waals surface area contributed by atoms with Crippen LogP contribution >= 0.6 is 0 Å². The van der Waals surface area contributed by atoms with E-state index in [1.165, 1.54) is 6.20 Å². The Kier molecular flexibility index (Phi) is 4.44. The first-order chi connectivity index (χ1) is 7.63. The van der Waals surface area contributed by atoms with Crippen molar-refractivity contribution < 1.29 is 9.59 Å². The molecular weight excluding hydrogens is 206 g/mol. The number of hydrogen-bond donors (Lipinski definition) is 2. The maximum Gasteiger partial charge on any atom is 0.313 e. The molecule has 0 aliphatic rings. The fraction of sp³-hybridized carbons (Fsp3) is 0.364. The lowest BCUT2D eigenvalue weighted by Gasteiger charge is -2.10. The van der Waals surface area contributed by atoms with Crippen molar-refractivity contribution in [3.63, 3.8) is 0 Å². The summed E-state index contributed by atoms with van der Waals surface area (Å²) in [5.41, 5.74) is 0.506. The van der Waals surface area contributed by atoms with Crippen molar-refractivity contribution in [2.24, 2.45) is 0 Å². The molecule has 0 saturated carbocycles. The third-order valence-electron chi connectivity index (χ3n) is 2.12. The highest BCUT2D eigenvalue weighted by Crippen LogP contribution is 2.02. The summed E-state index contributed by atoms with van der Waals surface area (Å²) in [6, 6.07) is 3.34. The van der Waals surface area contributed by atoms with E-state index in [2.05, 4.69) is 15.6 Å². The molecule has 5 heteroatoms. The van der Waals surface area contributed by atoms with Crippen molar-refractivity contribution in [3.8, 4) is 0 Å². The molecule has 1 heterocycles. The molecule has 5 nitrogen and oxygen atoms in total. The fourth-order valence-corrected chi connectivity index (χ4v) is 1.02. The van der Waals surface area contributed by atoms with Crippen LogP contribution in [-0.2, 0) is 9.59 Å². The van der Waals surface area contributed by atoms with E-state index in [1.807, 2.05) is 13.8 Å². The van der Waals surface area contributed by atoms with Crippen LogP contribution in [0.5, 0.6) is 0 Å². The molecule has 1 rings (SSSR count). The van der Waals surface area contributed by atoms with E-state index >= 15 is 0 Å². The summed E-state index contributed by atoms with van der Waals surface area (Å²) in [6.45, 7) is 3.78. The van der Waals surface area contributed by atoms with Gasteiger partial charge in [-0.2, -0.15) is 0 Å². The van der Waals surface area contributed by atoms with Crippen molar-refractivity contribution >= 4 is 17.5 Å². The van der Waals surface area contributed by atoms with Crippen LogP contribution in [0.3, 0.4) is 0 Å². The molecule has 0 aliphatic heterocycles. The van der Waals surface area contributed by atoms with Crippen LogP contribution in [0.4, 0.5) is 5.69 Å². The van der Waals surface area contributed by atoms with Crippen molar-refractivity contribution in [1.82, 2.24) is 10.3 Å². The molecule has 1 aromatic rings. The van der Waals surface area contributed by atoms with Crippen molar-refractivity contribution in [2.45, 2.75) is 26.3 Å². The van der Waals surface area contributed by atoms with Crippen molar-refractivity contribution in [1.29, 1.82) is 0 Å². The van der Waals surface area contributed by atoms with Crippen LogP contribution in [0.15, 0.2) is 24.5 Å². The lowest BCUT2D eigenvalue weighted by Crippen LogP contribution is -2.40. The Bertz CT molecular complexity index is 365. The minimum Gasteiger partial charge on any atom is -0.345 e. The van der Waals surface area contributed by atoms with E-state index in [1.54, 1.807) is 18.3 Å². The van der Waals surface area contributed by atoms with Gasteiger partial charge in [-0.15, -0.1) is 0 Å². The molecule has 16 heavy (non-hydrogen) atoms. The fourth-order valence-electron chi connectivity index (χ4n) is 1.02. The largest absolute Gasteiger partial charge is 0.345 e. The van der Waals surface area contributed by atoms with Crippen LogP contribution in [0.1, 0.15) is 20.3 Å². The van der Waals surface area contributed by atoms with Crippen LogP contribution in [0, 0.1) is 0 Å². The molecule has 0 aromatic carbocycles. The van der Waals surface area contributed by atoms with Crippen LogP contribution < -0.4 is 10.6 Å². The quantitative estimate of drug-likeness (QED) is 0.746. The van der Waals surface area contributed by atoms with Gasteiger partial charge >= 0.3 is 11.8 Å². The topological polar surface area (TPSA) is 71.1 Å². The Labute approximate surface area is 94.3 Å². The Morgan fingerprint density at radius 3 is 2.75 bits per heavy atom. The summed E-state index contributed by atoms with van der Waals surface area (Å²) >= 11 is 0. The highest BCUT2D eigenvalue weighted by molar-refractivity contribution is 6.39. The first kappa shape index (κ1) is 12.2.